The molecule has 0 aliphatic carbocycles. The lowest BCUT2D eigenvalue weighted by molar-refractivity contribution is -0.137. The summed E-state index contributed by atoms with van der Waals surface area (Å²) in [6.45, 7) is 0. The van der Waals surface area contributed by atoms with Crippen molar-refractivity contribution in [3.8, 4) is 11.5 Å². The Kier molecular flexibility index (Phi) is 5.14. The van der Waals surface area contributed by atoms with Crippen molar-refractivity contribution in [2.24, 2.45) is 0 Å². The number of unbranched alkanes of at least 4 members (excludes halogenated alkanes) is 1. The van der Waals surface area contributed by atoms with Gasteiger partial charge in [-0.1, -0.05) is 27.5 Å². The number of aryl methyl sites for hydroxylation is 1. The predicted octanol–water partition coefficient (Wildman–Crippen LogP) is 3.95. The first-order valence-corrected chi connectivity index (χ1v) is 7.23. The van der Waals surface area contributed by atoms with E-state index in [1.807, 2.05) is 12.1 Å². The maximum atomic E-state index is 10.4. The fourth-order valence-electron chi connectivity index (χ4n) is 1.68. The second-order valence-electron chi connectivity index (χ2n) is 4.23. The molecule has 1 aromatic carbocycles. The molecule has 0 aliphatic heterocycles. The van der Waals surface area contributed by atoms with Gasteiger partial charge in [0.15, 0.2) is 0 Å². The van der Waals surface area contributed by atoms with Crippen LogP contribution in [-0.2, 0) is 11.2 Å². The molecule has 106 valence electrons. The average Bonchev–Trinajstić information content (AvgIpc) is 2.86. The summed E-state index contributed by atoms with van der Waals surface area (Å²) in [7, 11) is 0. The van der Waals surface area contributed by atoms with Gasteiger partial charge in [0.2, 0.25) is 11.8 Å². The Hall–Kier alpha value is -1.40. The van der Waals surface area contributed by atoms with E-state index in [1.54, 1.807) is 6.07 Å². The Balaban J connectivity index is 2.01. The first kappa shape index (κ1) is 15.0. The molecule has 5 nitrogen and oxygen atoms in total. The Morgan fingerprint density at radius 1 is 1.35 bits per heavy atom. The van der Waals surface area contributed by atoms with Crippen molar-refractivity contribution >= 4 is 33.5 Å². The summed E-state index contributed by atoms with van der Waals surface area (Å²) in [6, 6.07) is 5.39. The highest BCUT2D eigenvalue weighted by Gasteiger charge is 2.12. The number of hydrogen-bond donors (Lipinski definition) is 1. The number of aromatic nitrogens is 2. The number of rotatable bonds is 6. The van der Waals surface area contributed by atoms with Gasteiger partial charge in [-0.25, -0.2) is 0 Å². The van der Waals surface area contributed by atoms with E-state index in [0.717, 1.165) is 4.47 Å². The van der Waals surface area contributed by atoms with Crippen LogP contribution in [0.2, 0.25) is 5.02 Å². The number of nitrogens with zero attached hydrogens (tertiary/aromatic N) is 2. The number of carbonyl (C=O) groups is 1. The highest BCUT2D eigenvalue weighted by Crippen LogP contribution is 2.29. The van der Waals surface area contributed by atoms with Crippen LogP contribution in [0.1, 0.15) is 25.2 Å². The number of aliphatic carboxylic acids is 1. The molecule has 0 unspecified atom stereocenters. The van der Waals surface area contributed by atoms with Gasteiger partial charge in [-0.3, -0.25) is 4.79 Å². The van der Waals surface area contributed by atoms with Crippen molar-refractivity contribution < 1.29 is 14.3 Å². The summed E-state index contributed by atoms with van der Waals surface area (Å²) in [5.41, 5.74) is 0.672. The largest absolute Gasteiger partial charge is 0.481 e. The molecule has 0 fully saturated rings. The third-order valence-electron chi connectivity index (χ3n) is 2.66. The number of halogens is 2. The number of hydrogen-bond acceptors (Lipinski definition) is 4. The lowest BCUT2D eigenvalue weighted by Gasteiger charge is -1.99. The molecule has 0 amide bonds. The van der Waals surface area contributed by atoms with Crippen molar-refractivity contribution in [2.75, 3.05) is 0 Å². The van der Waals surface area contributed by atoms with Crippen LogP contribution in [-0.4, -0.2) is 21.3 Å². The maximum absolute atomic E-state index is 10.4. The van der Waals surface area contributed by atoms with Gasteiger partial charge in [-0.05, 0) is 31.0 Å². The monoisotopic (exact) mass is 358 g/mol. The highest BCUT2D eigenvalue weighted by molar-refractivity contribution is 9.10. The molecule has 2 aromatic rings. The smallest absolute Gasteiger partial charge is 0.303 e. The van der Waals surface area contributed by atoms with Gasteiger partial charge in [0.25, 0.3) is 0 Å². The summed E-state index contributed by atoms with van der Waals surface area (Å²) in [6.07, 6.45) is 2.00. The second kappa shape index (κ2) is 6.85. The lowest BCUT2D eigenvalue weighted by Crippen LogP contribution is -1.95. The first-order chi connectivity index (χ1) is 9.56. The molecule has 0 saturated heterocycles. The standard InChI is InChI=1S/C13H12BrClN2O3/c14-8-5-6-10(15)9(7-8)13-17-16-11(20-13)3-1-2-4-12(18)19/h5-7H,1-4H2,(H,18,19). The van der Waals surface area contributed by atoms with Crippen LogP contribution in [0.4, 0.5) is 0 Å². The van der Waals surface area contributed by atoms with Crippen LogP contribution >= 0.6 is 27.5 Å². The highest BCUT2D eigenvalue weighted by atomic mass is 79.9. The number of carboxylic acid groups (broad SMARTS) is 1. The zero-order valence-corrected chi connectivity index (χ0v) is 12.8. The van der Waals surface area contributed by atoms with Crippen molar-refractivity contribution in [3.05, 3.63) is 33.6 Å². The van der Waals surface area contributed by atoms with Crippen LogP contribution < -0.4 is 0 Å². The van der Waals surface area contributed by atoms with Crippen LogP contribution in [0, 0.1) is 0 Å². The zero-order chi connectivity index (χ0) is 14.5. The van der Waals surface area contributed by atoms with Gasteiger partial charge in [0.05, 0.1) is 10.6 Å². The molecule has 7 heteroatoms. The van der Waals surface area contributed by atoms with Gasteiger partial charge >= 0.3 is 5.97 Å². The molecule has 0 saturated carbocycles. The third kappa shape index (κ3) is 4.05. The SMILES string of the molecule is O=C(O)CCCCc1nnc(-c2cc(Br)ccc2Cl)o1. The minimum atomic E-state index is -0.794. The molecule has 1 heterocycles. The van der Waals surface area contributed by atoms with E-state index in [2.05, 4.69) is 26.1 Å². The van der Waals surface area contributed by atoms with Crippen LogP contribution in [0.15, 0.2) is 27.1 Å². The first-order valence-electron chi connectivity index (χ1n) is 6.06. The van der Waals surface area contributed by atoms with E-state index in [0.29, 0.717) is 41.6 Å². The molecule has 0 spiro atoms. The van der Waals surface area contributed by atoms with E-state index in [1.165, 1.54) is 0 Å². The predicted molar refractivity (Wildman–Crippen MR) is 77.6 cm³/mol. The summed E-state index contributed by atoms with van der Waals surface area (Å²) >= 11 is 9.45. The maximum Gasteiger partial charge on any atom is 0.303 e. The van der Waals surface area contributed by atoms with E-state index in [9.17, 15) is 4.79 Å². The van der Waals surface area contributed by atoms with Crippen LogP contribution in [0.3, 0.4) is 0 Å². The lowest BCUT2D eigenvalue weighted by atomic mass is 10.2. The van der Waals surface area contributed by atoms with Gasteiger partial charge in [0, 0.05) is 17.3 Å². The fourth-order valence-corrected chi connectivity index (χ4v) is 2.24. The van der Waals surface area contributed by atoms with E-state index >= 15 is 0 Å². The van der Waals surface area contributed by atoms with E-state index in [4.69, 9.17) is 21.1 Å². The molecular formula is C13H12BrClN2O3. The number of benzene rings is 1. The Morgan fingerprint density at radius 2 is 2.15 bits per heavy atom. The summed E-state index contributed by atoms with van der Waals surface area (Å²) in [5, 5.41) is 17.0. The molecular weight excluding hydrogens is 348 g/mol. The Morgan fingerprint density at radius 3 is 2.90 bits per heavy atom. The van der Waals surface area contributed by atoms with Gasteiger partial charge in [-0.15, -0.1) is 10.2 Å². The van der Waals surface area contributed by atoms with E-state index < -0.39 is 5.97 Å². The second-order valence-corrected chi connectivity index (χ2v) is 5.55. The quantitative estimate of drug-likeness (QED) is 0.790. The molecule has 0 aliphatic rings. The van der Waals surface area contributed by atoms with Crippen molar-refractivity contribution in [1.82, 2.24) is 10.2 Å². The zero-order valence-electron chi connectivity index (χ0n) is 10.5. The van der Waals surface area contributed by atoms with Crippen LogP contribution in [0.5, 0.6) is 0 Å². The minimum absolute atomic E-state index is 0.151. The van der Waals surface area contributed by atoms with Gasteiger partial charge < -0.3 is 9.52 Å². The molecule has 0 radical (unpaired) electrons. The third-order valence-corrected chi connectivity index (χ3v) is 3.48. The minimum Gasteiger partial charge on any atom is -0.481 e. The Labute approximate surface area is 129 Å². The van der Waals surface area contributed by atoms with Crippen LogP contribution in [0.25, 0.3) is 11.5 Å². The van der Waals surface area contributed by atoms with Crippen molar-refractivity contribution in [3.63, 3.8) is 0 Å². The normalized spacial score (nSPS) is 10.7. The Bertz CT molecular complexity index is 615. The van der Waals surface area contributed by atoms with Crippen molar-refractivity contribution in [1.29, 1.82) is 0 Å². The van der Waals surface area contributed by atoms with Gasteiger partial charge in [0.1, 0.15) is 0 Å². The molecule has 2 rings (SSSR count). The molecule has 1 N–H and O–H groups in total. The fraction of sp³-hybridized carbons (Fsp3) is 0.308. The average molecular weight is 360 g/mol. The van der Waals surface area contributed by atoms with Gasteiger partial charge in [-0.2, -0.15) is 0 Å². The molecule has 20 heavy (non-hydrogen) atoms. The van der Waals surface area contributed by atoms with E-state index in [-0.39, 0.29) is 6.42 Å². The molecule has 1 aromatic heterocycles. The topological polar surface area (TPSA) is 76.2 Å². The van der Waals surface area contributed by atoms with Crippen molar-refractivity contribution in [2.45, 2.75) is 25.7 Å². The summed E-state index contributed by atoms with van der Waals surface area (Å²) in [4.78, 5) is 10.4. The number of carboxylic acids is 1. The molecule has 0 bridgehead atoms. The summed E-state index contributed by atoms with van der Waals surface area (Å²) in [5.74, 6) is 0.0584. The summed E-state index contributed by atoms with van der Waals surface area (Å²) < 4.78 is 6.41. The molecule has 0 atom stereocenters.